The molecule has 0 aromatic carbocycles. The van der Waals surface area contributed by atoms with Gasteiger partial charge in [-0.15, -0.1) is 0 Å². The normalized spacial score (nSPS) is 13.1. The van der Waals surface area contributed by atoms with Crippen LogP contribution in [0, 0.1) is 13.8 Å². The summed E-state index contributed by atoms with van der Waals surface area (Å²) in [6.45, 7) is 11.6. The molecule has 0 aliphatic rings. The maximum absolute atomic E-state index is 4.52. The van der Waals surface area contributed by atoms with Gasteiger partial charge in [-0.1, -0.05) is 6.92 Å². The van der Waals surface area contributed by atoms with Crippen molar-refractivity contribution in [2.24, 2.45) is 0 Å². The van der Waals surface area contributed by atoms with Gasteiger partial charge in [-0.2, -0.15) is 16.9 Å². The van der Waals surface area contributed by atoms with Gasteiger partial charge in [0.25, 0.3) is 0 Å². The van der Waals surface area contributed by atoms with Crippen molar-refractivity contribution in [2.75, 3.05) is 12.8 Å². The molecule has 0 saturated carbocycles. The first kappa shape index (κ1) is 13.6. The van der Waals surface area contributed by atoms with E-state index in [1.807, 2.05) is 11.8 Å². The lowest BCUT2D eigenvalue weighted by atomic mass is 10.2. The van der Waals surface area contributed by atoms with E-state index in [2.05, 4.69) is 49.0 Å². The second-order valence-corrected chi connectivity index (χ2v) is 5.42. The summed E-state index contributed by atoms with van der Waals surface area (Å²) < 4.78 is 2.07. The first-order valence-corrected chi connectivity index (χ1v) is 7.15. The number of nitrogens with zero attached hydrogens (tertiary/aromatic N) is 2. The van der Waals surface area contributed by atoms with Gasteiger partial charge in [0.2, 0.25) is 0 Å². The van der Waals surface area contributed by atoms with Crippen LogP contribution in [0.1, 0.15) is 30.8 Å². The summed E-state index contributed by atoms with van der Waals surface area (Å²) in [5, 5.41) is 8.68. The summed E-state index contributed by atoms with van der Waals surface area (Å²) in [6.07, 6.45) is 2.15. The van der Waals surface area contributed by atoms with Gasteiger partial charge in [0.1, 0.15) is 0 Å². The Labute approximate surface area is 103 Å². The molecule has 1 unspecified atom stereocenters. The van der Waals surface area contributed by atoms with E-state index in [-0.39, 0.29) is 0 Å². The molecule has 0 radical (unpaired) electrons. The second-order valence-electron chi connectivity index (χ2n) is 4.14. The zero-order valence-corrected chi connectivity index (χ0v) is 11.8. The molecule has 1 rings (SSSR count). The second kappa shape index (κ2) is 6.30. The minimum absolute atomic E-state index is 0.668. The highest BCUT2D eigenvalue weighted by molar-refractivity contribution is 7.99. The third-order valence-electron chi connectivity index (χ3n) is 2.97. The molecule has 0 amide bonds. The number of thioether (sulfide) groups is 1. The molecule has 0 bridgehead atoms. The number of nitrogens with one attached hydrogen (secondary N) is 1. The maximum atomic E-state index is 4.52. The fourth-order valence-corrected chi connectivity index (χ4v) is 2.07. The van der Waals surface area contributed by atoms with Gasteiger partial charge in [-0.25, -0.2) is 0 Å². The van der Waals surface area contributed by atoms with Crippen molar-refractivity contribution in [3.8, 4) is 0 Å². The van der Waals surface area contributed by atoms with Gasteiger partial charge < -0.3 is 5.32 Å². The lowest BCUT2D eigenvalue weighted by Gasteiger charge is -2.10. The predicted molar refractivity (Wildman–Crippen MR) is 72.1 cm³/mol. The summed E-state index contributed by atoms with van der Waals surface area (Å²) in [7, 11) is 0. The molecule has 3 nitrogen and oxygen atoms in total. The summed E-state index contributed by atoms with van der Waals surface area (Å²) in [4.78, 5) is 0. The molecule has 0 aliphatic heterocycles. The van der Waals surface area contributed by atoms with Crippen molar-refractivity contribution in [1.29, 1.82) is 0 Å². The van der Waals surface area contributed by atoms with Crippen molar-refractivity contribution in [3.63, 3.8) is 0 Å². The summed E-state index contributed by atoms with van der Waals surface area (Å²) >= 11 is 1.89. The molecule has 1 heterocycles. The average molecular weight is 241 g/mol. The first-order chi connectivity index (χ1) is 7.60. The van der Waals surface area contributed by atoms with Crippen LogP contribution in [0.5, 0.6) is 0 Å². The molecule has 0 aliphatic carbocycles. The van der Waals surface area contributed by atoms with E-state index in [9.17, 15) is 0 Å². The molecule has 0 saturated heterocycles. The van der Waals surface area contributed by atoms with Gasteiger partial charge in [0.05, 0.1) is 5.69 Å². The van der Waals surface area contributed by atoms with Gasteiger partial charge >= 0.3 is 0 Å². The van der Waals surface area contributed by atoms with Gasteiger partial charge in [0.15, 0.2) is 0 Å². The van der Waals surface area contributed by atoms with Crippen LogP contribution in [0.2, 0.25) is 0 Å². The van der Waals surface area contributed by atoms with Crippen molar-refractivity contribution in [3.05, 3.63) is 17.0 Å². The summed E-state index contributed by atoms with van der Waals surface area (Å²) in [5.74, 6) is 0. The SMILES string of the molecule is CCn1nc(C)c(CNCC(C)SC)c1C. The summed E-state index contributed by atoms with van der Waals surface area (Å²) in [6, 6.07) is 0. The third-order valence-corrected chi connectivity index (χ3v) is 3.94. The van der Waals surface area contributed by atoms with Crippen molar-refractivity contribution >= 4 is 11.8 Å². The van der Waals surface area contributed by atoms with Crippen LogP contribution < -0.4 is 5.32 Å². The van der Waals surface area contributed by atoms with Crippen LogP contribution in [-0.2, 0) is 13.1 Å². The lowest BCUT2D eigenvalue weighted by Crippen LogP contribution is -2.22. The van der Waals surface area contributed by atoms with Crippen molar-refractivity contribution < 1.29 is 0 Å². The largest absolute Gasteiger partial charge is 0.311 e. The molecular formula is C12H23N3S. The third kappa shape index (κ3) is 3.25. The van der Waals surface area contributed by atoms with Gasteiger partial charge in [-0.3, -0.25) is 4.68 Å². The molecular weight excluding hydrogens is 218 g/mol. The Kier molecular flexibility index (Phi) is 5.35. The lowest BCUT2D eigenvalue weighted by molar-refractivity contribution is 0.630. The smallest absolute Gasteiger partial charge is 0.0641 e. The van der Waals surface area contributed by atoms with E-state index < -0.39 is 0 Å². The molecule has 1 aromatic rings. The Morgan fingerprint density at radius 2 is 2.12 bits per heavy atom. The van der Waals surface area contributed by atoms with Crippen LogP contribution in [0.15, 0.2) is 0 Å². The molecule has 1 N–H and O–H groups in total. The van der Waals surface area contributed by atoms with Crippen molar-refractivity contribution in [1.82, 2.24) is 15.1 Å². The Hall–Kier alpha value is -0.480. The van der Waals surface area contributed by atoms with Gasteiger partial charge in [-0.05, 0) is 27.0 Å². The van der Waals surface area contributed by atoms with Crippen LogP contribution in [0.4, 0.5) is 0 Å². The van der Waals surface area contributed by atoms with Crippen molar-refractivity contribution in [2.45, 2.75) is 46.0 Å². The topological polar surface area (TPSA) is 29.9 Å². The molecule has 1 aromatic heterocycles. The number of rotatable bonds is 6. The molecule has 92 valence electrons. The highest BCUT2D eigenvalue weighted by Gasteiger charge is 2.10. The van der Waals surface area contributed by atoms with Crippen LogP contribution >= 0.6 is 11.8 Å². The van der Waals surface area contributed by atoms with E-state index in [0.717, 1.165) is 25.3 Å². The Bertz CT molecular complexity index is 333. The number of aryl methyl sites for hydroxylation is 2. The molecule has 4 heteroatoms. The molecule has 0 spiro atoms. The maximum Gasteiger partial charge on any atom is 0.0641 e. The highest BCUT2D eigenvalue weighted by atomic mass is 32.2. The highest BCUT2D eigenvalue weighted by Crippen LogP contribution is 2.12. The Morgan fingerprint density at radius 3 is 2.62 bits per heavy atom. The van der Waals surface area contributed by atoms with E-state index in [4.69, 9.17) is 0 Å². The predicted octanol–water partition coefficient (Wildman–Crippen LogP) is 2.36. The first-order valence-electron chi connectivity index (χ1n) is 5.86. The van der Waals surface area contributed by atoms with Gasteiger partial charge in [0, 0.05) is 36.1 Å². The zero-order chi connectivity index (χ0) is 12.1. The standard InChI is InChI=1S/C12H23N3S/c1-6-15-11(4)12(10(3)14-15)8-13-7-9(2)16-5/h9,13H,6-8H2,1-5H3. The zero-order valence-electron chi connectivity index (χ0n) is 11.0. The van der Waals surface area contributed by atoms with E-state index >= 15 is 0 Å². The molecule has 16 heavy (non-hydrogen) atoms. The summed E-state index contributed by atoms with van der Waals surface area (Å²) in [5.41, 5.74) is 3.81. The van der Waals surface area contributed by atoms with Crippen LogP contribution in [0.25, 0.3) is 0 Å². The quantitative estimate of drug-likeness (QED) is 0.829. The average Bonchev–Trinajstić information content (AvgIpc) is 2.55. The Morgan fingerprint density at radius 1 is 1.44 bits per heavy atom. The van der Waals surface area contributed by atoms with E-state index in [1.165, 1.54) is 11.3 Å². The minimum atomic E-state index is 0.668. The number of hydrogen-bond acceptors (Lipinski definition) is 3. The number of hydrogen-bond donors (Lipinski definition) is 1. The Balaban J connectivity index is 2.56. The van der Waals surface area contributed by atoms with E-state index in [1.54, 1.807) is 0 Å². The number of aromatic nitrogens is 2. The fraction of sp³-hybridized carbons (Fsp3) is 0.750. The molecule has 1 atom stereocenters. The van der Waals surface area contributed by atoms with Crippen LogP contribution in [-0.4, -0.2) is 27.8 Å². The van der Waals surface area contributed by atoms with Crippen LogP contribution in [0.3, 0.4) is 0 Å². The van der Waals surface area contributed by atoms with E-state index in [0.29, 0.717) is 5.25 Å². The fourth-order valence-electron chi connectivity index (χ4n) is 1.78. The monoisotopic (exact) mass is 241 g/mol. The molecule has 0 fully saturated rings. The minimum Gasteiger partial charge on any atom is -0.311 e.